The van der Waals surface area contributed by atoms with Crippen LogP contribution in [0.4, 0.5) is 5.69 Å². The molecule has 3 N–H and O–H groups in total. The van der Waals surface area contributed by atoms with E-state index in [2.05, 4.69) is 5.32 Å². The molecule has 0 aromatic heterocycles. The van der Waals surface area contributed by atoms with Crippen LogP contribution in [0.3, 0.4) is 0 Å². The Morgan fingerprint density at radius 3 is 2.86 bits per heavy atom. The molecule has 1 unspecified atom stereocenters. The number of aliphatic hydroxyl groups is 1. The molecular formula is C11H13NO2. The number of fused-ring (bicyclic) bond motifs is 1. The molecule has 0 amide bonds. The van der Waals surface area contributed by atoms with Gasteiger partial charge in [0, 0.05) is 16.7 Å². The van der Waals surface area contributed by atoms with Gasteiger partial charge >= 0.3 is 0 Å². The molecule has 1 saturated carbocycles. The third kappa shape index (κ3) is 0.960. The molecule has 14 heavy (non-hydrogen) atoms. The summed E-state index contributed by atoms with van der Waals surface area (Å²) in [5.41, 5.74) is 1.83. The van der Waals surface area contributed by atoms with Crippen molar-refractivity contribution >= 4 is 5.69 Å². The van der Waals surface area contributed by atoms with E-state index in [0.29, 0.717) is 5.75 Å². The van der Waals surface area contributed by atoms with Crippen molar-refractivity contribution in [1.29, 1.82) is 0 Å². The van der Waals surface area contributed by atoms with E-state index in [1.54, 1.807) is 12.1 Å². The first-order valence-electron chi connectivity index (χ1n) is 4.97. The number of phenols is 1. The van der Waals surface area contributed by atoms with E-state index >= 15 is 0 Å². The number of hydrogen-bond donors (Lipinski definition) is 3. The molecule has 1 aliphatic carbocycles. The van der Waals surface area contributed by atoms with Crippen molar-refractivity contribution in [3.63, 3.8) is 0 Å². The third-order valence-electron chi connectivity index (χ3n) is 3.44. The van der Waals surface area contributed by atoms with Gasteiger partial charge in [0.15, 0.2) is 0 Å². The van der Waals surface area contributed by atoms with Crippen LogP contribution in [-0.2, 0) is 6.42 Å². The van der Waals surface area contributed by atoms with Gasteiger partial charge in [0.25, 0.3) is 0 Å². The Morgan fingerprint density at radius 2 is 2.14 bits per heavy atom. The highest BCUT2D eigenvalue weighted by atomic mass is 16.3. The molecule has 1 aromatic rings. The summed E-state index contributed by atoms with van der Waals surface area (Å²) >= 11 is 0. The lowest BCUT2D eigenvalue weighted by molar-refractivity contribution is 0.113. The molecule has 3 rings (SSSR count). The van der Waals surface area contributed by atoms with E-state index in [0.717, 1.165) is 30.5 Å². The molecule has 1 aromatic carbocycles. The first-order chi connectivity index (χ1) is 6.71. The number of hydrogen-bond acceptors (Lipinski definition) is 3. The van der Waals surface area contributed by atoms with Crippen molar-refractivity contribution < 1.29 is 10.2 Å². The SMILES string of the molecule is Oc1cccc2c1CC1(CC1)C(O)N2. The Kier molecular flexibility index (Phi) is 1.40. The van der Waals surface area contributed by atoms with E-state index in [4.69, 9.17) is 0 Å². The number of aromatic hydroxyl groups is 1. The summed E-state index contributed by atoms with van der Waals surface area (Å²) in [6, 6.07) is 5.39. The number of rotatable bonds is 0. The summed E-state index contributed by atoms with van der Waals surface area (Å²) in [4.78, 5) is 0. The molecule has 1 heterocycles. The zero-order valence-electron chi connectivity index (χ0n) is 7.83. The van der Waals surface area contributed by atoms with E-state index < -0.39 is 6.23 Å². The van der Waals surface area contributed by atoms with Crippen LogP contribution in [0.15, 0.2) is 18.2 Å². The second-order valence-electron chi connectivity index (χ2n) is 4.39. The molecule has 0 bridgehead atoms. The molecular weight excluding hydrogens is 178 g/mol. The minimum atomic E-state index is -0.447. The van der Waals surface area contributed by atoms with Crippen LogP contribution < -0.4 is 5.32 Å². The number of anilines is 1. The Bertz CT molecular complexity index is 385. The van der Waals surface area contributed by atoms with Gasteiger partial charge in [0.2, 0.25) is 0 Å². The fraction of sp³-hybridized carbons (Fsp3) is 0.455. The highest BCUT2D eigenvalue weighted by Gasteiger charge is 2.51. The van der Waals surface area contributed by atoms with Crippen molar-refractivity contribution in [2.45, 2.75) is 25.5 Å². The minimum absolute atomic E-state index is 0.00579. The summed E-state index contributed by atoms with van der Waals surface area (Å²) in [5, 5.41) is 22.6. The number of phenolic OH excluding ortho intramolecular Hbond substituents is 1. The second-order valence-corrected chi connectivity index (χ2v) is 4.39. The monoisotopic (exact) mass is 191 g/mol. The van der Waals surface area contributed by atoms with Gasteiger partial charge in [-0.15, -0.1) is 0 Å². The van der Waals surface area contributed by atoms with E-state index in [1.807, 2.05) is 6.07 Å². The quantitative estimate of drug-likeness (QED) is 0.582. The first-order valence-corrected chi connectivity index (χ1v) is 4.97. The van der Waals surface area contributed by atoms with E-state index in [-0.39, 0.29) is 5.41 Å². The maximum atomic E-state index is 9.84. The van der Waals surface area contributed by atoms with Gasteiger partial charge < -0.3 is 15.5 Å². The zero-order chi connectivity index (χ0) is 9.76. The van der Waals surface area contributed by atoms with Crippen LogP contribution in [0.5, 0.6) is 5.75 Å². The van der Waals surface area contributed by atoms with Crippen LogP contribution >= 0.6 is 0 Å². The van der Waals surface area contributed by atoms with Crippen LogP contribution in [0.1, 0.15) is 18.4 Å². The fourth-order valence-electron chi connectivity index (χ4n) is 2.26. The molecule has 0 radical (unpaired) electrons. The average molecular weight is 191 g/mol. The predicted octanol–water partition coefficient (Wildman–Crippen LogP) is 1.46. The van der Waals surface area contributed by atoms with Crippen LogP contribution in [0.25, 0.3) is 0 Å². The first kappa shape index (κ1) is 8.12. The topological polar surface area (TPSA) is 52.5 Å². The smallest absolute Gasteiger partial charge is 0.130 e. The maximum Gasteiger partial charge on any atom is 0.130 e. The van der Waals surface area contributed by atoms with Crippen molar-refractivity contribution in [3.8, 4) is 5.75 Å². The minimum Gasteiger partial charge on any atom is -0.508 e. The molecule has 1 aliphatic heterocycles. The van der Waals surface area contributed by atoms with Gasteiger partial charge in [0.05, 0.1) is 0 Å². The predicted molar refractivity (Wildman–Crippen MR) is 53.1 cm³/mol. The van der Waals surface area contributed by atoms with Gasteiger partial charge in [-0.05, 0) is 31.4 Å². The van der Waals surface area contributed by atoms with Gasteiger partial charge in [-0.25, -0.2) is 0 Å². The fourth-order valence-corrected chi connectivity index (χ4v) is 2.26. The number of nitrogens with one attached hydrogen (secondary N) is 1. The van der Waals surface area contributed by atoms with Crippen molar-refractivity contribution in [2.24, 2.45) is 5.41 Å². The summed E-state index contributed by atoms with van der Waals surface area (Å²) in [6.07, 6.45) is 2.45. The Morgan fingerprint density at radius 1 is 1.36 bits per heavy atom. The largest absolute Gasteiger partial charge is 0.508 e. The van der Waals surface area contributed by atoms with Gasteiger partial charge in [-0.2, -0.15) is 0 Å². The molecule has 3 heteroatoms. The molecule has 74 valence electrons. The average Bonchev–Trinajstić information content (AvgIpc) is 2.91. The maximum absolute atomic E-state index is 9.84. The summed E-state index contributed by atoms with van der Waals surface area (Å²) in [5.74, 6) is 0.341. The molecule has 1 spiro atoms. The van der Waals surface area contributed by atoms with E-state index in [1.165, 1.54) is 0 Å². The van der Waals surface area contributed by atoms with Crippen molar-refractivity contribution in [1.82, 2.24) is 0 Å². The number of benzene rings is 1. The van der Waals surface area contributed by atoms with Crippen LogP contribution in [-0.4, -0.2) is 16.4 Å². The van der Waals surface area contributed by atoms with Gasteiger partial charge in [-0.3, -0.25) is 0 Å². The van der Waals surface area contributed by atoms with Crippen molar-refractivity contribution in [3.05, 3.63) is 23.8 Å². The molecule has 2 aliphatic rings. The lowest BCUT2D eigenvalue weighted by atomic mass is 9.89. The summed E-state index contributed by atoms with van der Waals surface area (Å²) < 4.78 is 0. The van der Waals surface area contributed by atoms with Crippen molar-refractivity contribution in [2.75, 3.05) is 5.32 Å². The Hall–Kier alpha value is -1.22. The number of aliphatic hydroxyl groups excluding tert-OH is 1. The highest BCUT2D eigenvalue weighted by Crippen LogP contribution is 2.55. The zero-order valence-corrected chi connectivity index (χ0v) is 7.83. The van der Waals surface area contributed by atoms with Gasteiger partial charge in [-0.1, -0.05) is 6.07 Å². The summed E-state index contributed by atoms with van der Waals surface area (Å²) in [6.45, 7) is 0. The standard InChI is InChI=1S/C11H13NO2/c13-9-3-1-2-8-7(9)6-11(4-5-11)10(14)12-8/h1-3,10,12-14H,4-6H2. The lowest BCUT2D eigenvalue weighted by Gasteiger charge is -2.31. The summed E-state index contributed by atoms with van der Waals surface area (Å²) in [7, 11) is 0. The van der Waals surface area contributed by atoms with E-state index in [9.17, 15) is 10.2 Å². The Balaban J connectivity index is 2.07. The molecule has 1 fully saturated rings. The van der Waals surface area contributed by atoms with Crippen LogP contribution in [0.2, 0.25) is 0 Å². The Labute approximate surface area is 82.4 Å². The van der Waals surface area contributed by atoms with Crippen LogP contribution in [0, 0.1) is 5.41 Å². The highest BCUT2D eigenvalue weighted by molar-refractivity contribution is 5.60. The third-order valence-corrected chi connectivity index (χ3v) is 3.44. The molecule has 3 nitrogen and oxygen atoms in total. The molecule has 0 saturated heterocycles. The molecule has 1 atom stereocenters. The normalized spacial score (nSPS) is 26.8. The van der Waals surface area contributed by atoms with Gasteiger partial charge in [0.1, 0.15) is 12.0 Å². The lowest BCUT2D eigenvalue weighted by Crippen LogP contribution is -2.36. The second kappa shape index (κ2) is 2.42.